The van der Waals surface area contributed by atoms with Gasteiger partial charge in [-0.15, -0.1) is 0 Å². The first kappa shape index (κ1) is 24.8. The molecule has 2 fully saturated rings. The van der Waals surface area contributed by atoms with E-state index >= 15 is 0 Å². The molecule has 3 aromatic carbocycles. The van der Waals surface area contributed by atoms with Crippen LogP contribution in [0, 0.1) is 0 Å². The molecule has 0 spiro atoms. The second kappa shape index (κ2) is 10.7. The van der Waals surface area contributed by atoms with Gasteiger partial charge in [-0.1, -0.05) is 24.3 Å². The lowest BCUT2D eigenvalue weighted by molar-refractivity contribution is 0.0773. The molecule has 6 heteroatoms. The number of hydrogen-bond acceptors (Lipinski definition) is 5. The summed E-state index contributed by atoms with van der Waals surface area (Å²) >= 11 is 0. The van der Waals surface area contributed by atoms with E-state index in [0.29, 0.717) is 24.9 Å². The summed E-state index contributed by atoms with van der Waals surface area (Å²) in [6.07, 6.45) is 4.73. The van der Waals surface area contributed by atoms with Crippen LogP contribution in [-0.2, 0) is 6.54 Å². The minimum absolute atomic E-state index is 0.0997. The number of ether oxygens (including phenoxy) is 2. The molecule has 6 nitrogen and oxygen atoms in total. The molecule has 1 amide bonds. The number of carbonyl (C=O) groups is 1. The highest BCUT2D eigenvalue weighted by Crippen LogP contribution is 2.43. The number of nitrogens with zero attached hydrogens (tertiary/aromatic N) is 3. The molecule has 0 radical (unpaired) electrons. The Balaban J connectivity index is 1.23. The molecule has 0 aliphatic carbocycles. The average Bonchev–Trinajstić information content (AvgIpc) is 3.50. The molecule has 3 heterocycles. The average molecular weight is 512 g/mol. The van der Waals surface area contributed by atoms with Crippen LogP contribution in [0.5, 0.6) is 11.5 Å². The molecule has 0 aromatic heterocycles. The molecule has 0 saturated carbocycles. The Hall–Kier alpha value is -3.51. The molecule has 3 aliphatic rings. The molecule has 6 rings (SSSR count). The lowest BCUT2D eigenvalue weighted by Crippen LogP contribution is -2.49. The first-order chi connectivity index (χ1) is 18.6. The number of fused-ring (bicyclic) bond motifs is 3. The van der Waals surface area contributed by atoms with Crippen molar-refractivity contribution in [2.45, 2.75) is 64.2 Å². The predicted molar refractivity (Wildman–Crippen MR) is 150 cm³/mol. The second-order valence-electron chi connectivity index (χ2n) is 10.6. The summed E-state index contributed by atoms with van der Waals surface area (Å²) in [4.78, 5) is 20.0. The lowest BCUT2D eigenvalue weighted by Gasteiger charge is -2.44. The van der Waals surface area contributed by atoms with Crippen LogP contribution in [-0.4, -0.2) is 53.7 Å². The van der Waals surface area contributed by atoms with Crippen LogP contribution in [0.2, 0.25) is 0 Å². The molecule has 3 aromatic rings. The van der Waals surface area contributed by atoms with Gasteiger partial charge in [0, 0.05) is 54.7 Å². The third-order valence-electron chi connectivity index (χ3n) is 8.50. The van der Waals surface area contributed by atoms with Crippen molar-refractivity contribution in [1.29, 1.82) is 0 Å². The Bertz CT molecular complexity index is 1240. The second-order valence-corrected chi connectivity index (χ2v) is 10.6. The highest BCUT2D eigenvalue weighted by molar-refractivity contribution is 5.94. The third kappa shape index (κ3) is 4.73. The monoisotopic (exact) mass is 511 g/mol. The van der Waals surface area contributed by atoms with Crippen molar-refractivity contribution in [1.82, 2.24) is 9.80 Å². The number of anilines is 2. The van der Waals surface area contributed by atoms with Gasteiger partial charge in [-0.3, -0.25) is 9.69 Å². The molecule has 2 saturated heterocycles. The predicted octanol–water partition coefficient (Wildman–Crippen LogP) is 6.23. The van der Waals surface area contributed by atoms with Crippen molar-refractivity contribution in [3.8, 4) is 11.5 Å². The summed E-state index contributed by atoms with van der Waals surface area (Å²) < 4.78 is 11.1. The van der Waals surface area contributed by atoms with Gasteiger partial charge < -0.3 is 19.3 Å². The van der Waals surface area contributed by atoms with Crippen molar-refractivity contribution in [2.75, 3.05) is 24.8 Å². The van der Waals surface area contributed by atoms with Gasteiger partial charge in [0.1, 0.15) is 0 Å². The van der Waals surface area contributed by atoms with E-state index in [1.54, 1.807) is 0 Å². The Kier molecular flexibility index (Phi) is 6.98. The van der Waals surface area contributed by atoms with Crippen LogP contribution in [0.15, 0.2) is 72.8 Å². The molecule has 2 bridgehead atoms. The van der Waals surface area contributed by atoms with E-state index in [4.69, 9.17) is 9.47 Å². The summed E-state index contributed by atoms with van der Waals surface area (Å²) in [5.74, 6) is 1.81. The highest BCUT2D eigenvalue weighted by Gasteiger charge is 2.42. The summed E-state index contributed by atoms with van der Waals surface area (Å²) in [5.41, 5.74) is 4.41. The fourth-order valence-corrected chi connectivity index (χ4v) is 6.58. The topological polar surface area (TPSA) is 45.3 Å². The maximum Gasteiger partial charge on any atom is 0.253 e. The summed E-state index contributed by atoms with van der Waals surface area (Å²) in [6.45, 7) is 6.77. The number of benzene rings is 3. The first-order valence-corrected chi connectivity index (χ1v) is 14.0. The van der Waals surface area contributed by atoms with Crippen LogP contribution in [0.25, 0.3) is 0 Å². The third-order valence-corrected chi connectivity index (χ3v) is 8.50. The van der Waals surface area contributed by atoms with E-state index in [0.717, 1.165) is 55.2 Å². The molecule has 198 valence electrons. The maximum absolute atomic E-state index is 12.9. The minimum atomic E-state index is 0.0997. The standard InChI is InChI=1S/C32H37N3O3/c1-3-33(4-2)32(36)24-11-13-26(14-12-24)35(25-8-6-5-7-9-25)29-19-27-15-16-28(20-29)34(27)21-23-10-17-30-31(18-23)38-22-37-30/h5-14,17-18,27-29H,3-4,15-16,19-22H2,1-2H3. The van der Waals surface area contributed by atoms with Crippen molar-refractivity contribution in [3.05, 3.63) is 83.9 Å². The van der Waals surface area contributed by atoms with Crippen LogP contribution in [0.3, 0.4) is 0 Å². The number of para-hydroxylation sites is 1. The zero-order chi connectivity index (χ0) is 26.1. The van der Waals surface area contributed by atoms with Gasteiger partial charge >= 0.3 is 0 Å². The normalized spacial score (nSPS) is 21.9. The molecular formula is C32H37N3O3. The minimum Gasteiger partial charge on any atom is -0.454 e. The van der Waals surface area contributed by atoms with Crippen molar-refractivity contribution >= 4 is 17.3 Å². The van der Waals surface area contributed by atoms with Gasteiger partial charge in [0.15, 0.2) is 11.5 Å². The Morgan fingerprint density at radius 1 is 0.842 bits per heavy atom. The van der Waals surface area contributed by atoms with E-state index in [1.165, 1.54) is 24.1 Å². The zero-order valence-electron chi connectivity index (χ0n) is 22.4. The highest BCUT2D eigenvalue weighted by atomic mass is 16.7. The van der Waals surface area contributed by atoms with E-state index < -0.39 is 0 Å². The number of carbonyl (C=O) groups excluding carboxylic acids is 1. The first-order valence-electron chi connectivity index (χ1n) is 14.0. The molecular weight excluding hydrogens is 474 g/mol. The van der Waals surface area contributed by atoms with Crippen LogP contribution in [0.1, 0.15) is 55.5 Å². The van der Waals surface area contributed by atoms with Crippen LogP contribution in [0.4, 0.5) is 11.4 Å². The molecule has 38 heavy (non-hydrogen) atoms. The van der Waals surface area contributed by atoms with Crippen molar-refractivity contribution in [2.24, 2.45) is 0 Å². The van der Waals surface area contributed by atoms with Crippen molar-refractivity contribution in [3.63, 3.8) is 0 Å². The number of amides is 1. The molecule has 2 unspecified atom stereocenters. The van der Waals surface area contributed by atoms with Gasteiger partial charge in [0.2, 0.25) is 6.79 Å². The van der Waals surface area contributed by atoms with E-state index in [2.05, 4.69) is 64.4 Å². The lowest BCUT2D eigenvalue weighted by atomic mass is 9.94. The summed E-state index contributed by atoms with van der Waals surface area (Å²) in [5, 5.41) is 0. The quantitative estimate of drug-likeness (QED) is 0.359. The van der Waals surface area contributed by atoms with Gasteiger partial charge in [-0.2, -0.15) is 0 Å². The Labute approximate surface area is 225 Å². The largest absolute Gasteiger partial charge is 0.454 e. The van der Waals surface area contributed by atoms with Crippen molar-refractivity contribution < 1.29 is 14.3 Å². The van der Waals surface area contributed by atoms with E-state index in [1.807, 2.05) is 36.9 Å². The Morgan fingerprint density at radius 2 is 1.50 bits per heavy atom. The van der Waals surface area contributed by atoms with Gasteiger partial charge in [-0.25, -0.2) is 0 Å². The fraction of sp³-hybridized carbons (Fsp3) is 0.406. The van der Waals surface area contributed by atoms with Gasteiger partial charge in [0.05, 0.1) is 0 Å². The van der Waals surface area contributed by atoms with E-state index in [9.17, 15) is 4.79 Å². The zero-order valence-corrected chi connectivity index (χ0v) is 22.4. The molecule has 3 aliphatic heterocycles. The smallest absolute Gasteiger partial charge is 0.253 e. The number of hydrogen-bond donors (Lipinski definition) is 0. The Morgan fingerprint density at radius 3 is 2.18 bits per heavy atom. The molecule has 0 N–H and O–H groups in total. The maximum atomic E-state index is 12.9. The number of rotatable bonds is 8. The fourth-order valence-electron chi connectivity index (χ4n) is 6.58. The van der Waals surface area contributed by atoms with Gasteiger partial charge in [-0.05, 0) is 93.6 Å². The summed E-state index contributed by atoms with van der Waals surface area (Å²) in [7, 11) is 0. The molecule has 2 atom stereocenters. The van der Waals surface area contributed by atoms with Crippen LogP contribution < -0.4 is 14.4 Å². The van der Waals surface area contributed by atoms with E-state index in [-0.39, 0.29) is 5.91 Å². The summed E-state index contributed by atoms with van der Waals surface area (Å²) in [6, 6.07) is 26.8. The van der Waals surface area contributed by atoms with Crippen LogP contribution >= 0.6 is 0 Å². The number of piperidine rings is 1. The SMILES string of the molecule is CCN(CC)C(=O)c1ccc(N(c2ccccc2)C2CC3CCC(C2)N3Cc2ccc3c(c2)OCO3)cc1. The van der Waals surface area contributed by atoms with Gasteiger partial charge in [0.25, 0.3) is 5.91 Å².